The Balaban J connectivity index is 1.50. The number of benzene rings is 1. The van der Waals surface area contributed by atoms with Crippen molar-refractivity contribution in [3.05, 3.63) is 82.1 Å². The molecule has 16 heteroatoms. The van der Waals surface area contributed by atoms with E-state index >= 15 is 0 Å². The fourth-order valence-electron chi connectivity index (χ4n) is 3.68. The second-order valence-corrected chi connectivity index (χ2v) is 10.3. The number of hydrogen-bond acceptors (Lipinski definition) is 7. The first kappa shape index (κ1) is 30.6. The standard InChI is InChI=1S/C26H16F6N4O4S2/c27-25(28,29)14-8-13(9-15(10-14)26(30,31)32)18-3-1-2-16(34-18)12-20-22(38)36(24(41)42-20)7-5-21(37)35-17-4-6-33-19(11-17)23(39)40/h1-4,6,8-12H,5,7H2,(H,39,40)(H,33,35,37)/b20-12-. The monoisotopic (exact) mass is 626 g/mol. The molecule has 0 aliphatic carbocycles. The van der Waals surface area contributed by atoms with Crippen LogP contribution in [0.1, 0.15) is 33.7 Å². The van der Waals surface area contributed by atoms with E-state index in [9.17, 15) is 40.7 Å². The Bertz CT molecular complexity index is 1590. The summed E-state index contributed by atoms with van der Waals surface area (Å²) in [4.78, 5) is 45.3. The first-order chi connectivity index (χ1) is 19.6. The van der Waals surface area contributed by atoms with Gasteiger partial charge in [0.1, 0.15) is 10.0 Å². The maximum atomic E-state index is 13.3. The van der Waals surface area contributed by atoms with Gasteiger partial charge in [-0.05, 0) is 48.5 Å². The fraction of sp³-hybridized carbons (Fsp3) is 0.154. The zero-order valence-electron chi connectivity index (χ0n) is 20.8. The minimum absolute atomic E-state index is 0.0172. The number of anilines is 1. The van der Waals surface area contributed by atoms with Crippen LogP contribution in [0.4, 0.5) is 32.0 Å². The highest BCUT2D eigenvalue weighted by Gasteiger charge is 2.37. The normalized spacial score (nSPS) is 14.9. The van der Waals surface area contributed by atoms with Crippen molar-refractivity contribution in [1.29, 1.82) is 0 Å². The van der Waals surface area contributed by atoms with Gasteiger partial charge in [-0.1, -0.05) is 30.0 Å². The Labute approximate surface area is 242 Å². The molecule has 3 aromatic rings. The zero-order valence-corrected chi connectivity index (χ0v) is 22.4. The Morgan fingerprint density at radius 1 is 1.02 bits per heavy atom. The van der Waals surface area contributed by atoms with Gasteiger partial charge in [0.05, 0.1) is 27.4 Å². The number of aromatic nitrogens is 2. The molecule has 1 aliphatic heterocycles. The number of nitrogens with zero attached hydrogens (tertiary/aromatic N) is 3. The summed E-state index contributed by atoms with van der Waals surface area (Å²) in [5, 5.41) is 11.5. The van der Waals surface area contributed by atoms with E-state index in [2.05, 4.69) is 15.3 Å². The number of carbonyl (C=O) groups is 3. The third kappa shape index (κ3) is 7.30. The molecular weight excluding hydrogens is 610 g/mol. The van der Waals surface area contributed by atoms with Gasteiger partial charge in [0.2, 0.25) is 5.91 Å². The number of amides is 2. The van der Waals surface area contributed by atoms with Gasteiger partial charge in [-0.25, -0.2) is 14.8 Å². The van der Waals surface area contributed by atoms with Crippen LogP contribution in [0.25, 0.3) is 17.3 Å². The molecule has 1 aromatic carbocycles. The van der Waals surface area contributed by atoms with Crippen molar-refractivity contribution in [2.75, 3.05) is 11.9 Å². The van der Waals surface area contributed by atoms with Gasteiger partial charge >= 0.3 is 18.3 Å². The number of thioether (sulfide) groups is 1. The summed E-state index contributed by atoms with van der Waals surface area (Å²) >= 11 is 6.10. The number of carboxylic acid groups (broad SMARTS) is 1. The van der Waals surface area contributed by atoms with Gasteiger partial charge in [0.25, 0.3) is 5.91 Å². The number of nitrogens with one attached hydrogen (secondary N) is 1. The fourth-order valence-corrected chi connectivity index (χ4v) is 4.98. The van der Waals surface area contributed by atoms with Gasteiger partial charge in [-0.15, -0.1) is 0 Å². The largest absolute Gasteiger partial charge is 0.477 e. The summed E-state index contributed by atoms with van der Waals surface area (Å²) in [5.74, 6) is -2.40. The van der Waals surface area contributed by atoms with Crippen molar-refractivity contribution in [3.63, 3.8) is 0 Å². The predicted molar refractivity (Wildman–Crippen MR) is 144 cm³/mol. The molecule has 0 saturated carbocycles. The number of halogens is 6. The average Bonchev–Trinajstić information content (AvgIpc) is 3.18. The molecule has 3 heterocycles. The van der Waals surface area contributed by atoms with Crippen molar-refractivity contribution in [3.8, 4) is 11.3 Å². The molecule has 0 radical (unpaired) electrons. The quantitative estimate of drug-likeness (QED) is 0.184. The second-order valence-electron chi connectivity index (χ2n) is 8.61. The van der Waals surface area contributed by atoms with Gasteiger partial charge in [-0.3, -0.25) is 14.5 Å². The molecule has 2 amide bonds. The number of thiocarbonyl (C=S) groups is 1. The molecule has 0 unspecified atom stereocenters. The highest BCUT2D eigenvalue weighted by Crippen LogP contribution is 2.38. The van der Waals surface area contributed by atoms with Gasteiger partial charge in [0.15, 0.2) is 0 Å². The third-order valence-electron chi connectivity index (χ3n) is 5.63. The van der Waals surface area contributed by atoms with E-state index in [0.29, 0.717) is 12.1 Å². The summed E-state index contributed by atoms with van der Waals surface area (Å²) in [6, 6.07) is 7.68. The summed E-state index contributed by atoms with van der Waals surface area (Å²) in [7, 11) is 0. The first-order valence-corrected chi connectivity index (χ1v) is 12.9. The minimum Gasteiger partial charge on any atom is -0.477 e. The lowest BCUT2D eigenvalue weighted by Gasteiger charge is -2.14. The molecule has 2 aromatic heterocycles. The Hall–Kier alpha value is -4.31. The highest BCUT2D eigenvalue weighted by atomic mass is 32.2. The zero-order chi connectivity index (χ0) is 30.8. The second kappa shape index (κ2) is 11.9. The number of carboxylic acids is 1. The van der Waals surface area contributed by atoms with Gasteiger partial charge in [-0.2, -0.15) is 26.3 Å². The van der Waals surface area contributed by atoms with Crippen LogP contribution in [0.2, 0.25) is 0 Å². The highest BCUT2D eigenvalue weighted by molar-refractivity contribution is 8.26. The number of aromatic carboxylic acids is 1. The van der Waals surface area contributed by atoms with Gasteiger partial charge < -0.3 is 10.4 Å². The topological polar surface area (TPSA) is 112 Å². The van der Waals surface area contributed by atoms with Crippen LogP contribution in [-0.4, -0.2) is 48.6 Å². The number of carbonyl (C=O) groups excluding carboxylic acids is 2. The van der Waals surface area contributed by atoms with E-state index in [-0.39, 0.29) is 51.0 Å². The summed E-state index contributed by atoms with van der Waals surface area (Å²) in [6.07, 6.45) is -7.77. The molecule has 0 bridgehead atoms. The maximum Gasteiger partial charge on any atom is 0.416 e. The minimum atomic E-state index is -5.03. The van der Waals surface area contributed by atoms with E-state index in [0.717, 1.165) is 22.7 Å². The van der Waals surface area contributed by atoms with E-state index in [1.165, 1.54) is 36.5 Å². The van der Waals surface area contributed by atoms with Crippen LogP contribution < -0.4 is 5.32 Å². The molecule has 0 spiro atoms. The van der Waals surface area contributed by atoms with Crippen molar-refractivity contribution >= 4 is 57.8 Å². The molecule has 8 nitrogen and oxygen atoms in total. The molecule has 1 fully saturated rings. The smallest absolute Gasteiger partial charge is 0.416 e. The molecule has 2 N–H and O–H groups in total. The maximum absolute atomic E-state index is 13.3. The van der Waals surface area contributed by atoms with Crippen molar-refractivity contribution in [1.82, 2.24) is 14.9 Å². The lowest BCUT2D eigenvalue weighted by Crippen LogP contribution is -2.31. The number of alkyl halides is 6. The van der Waals surface area contributed by atoms with Crippen LogP contribution in [0.5, 0.6) is 0 Å². The Morgan fingerprint density at radius 3 is 2.31 bits per heavy atom. The predicted octanol–water partition coefficient (Wildman–Crippen LogP) is 6.11. The van der Waals surface area contributed by atoms with E-state index < -0.39 is 46.8 Å². The van der Waals surface area contributed by atoms with Crippen LogP contribution in [-0.2, 0) is 21.9 Å². The SMILES string of the molecule is O=C(CCN1C(=O)/C(=C/c2cccc(-c3cc(C(F)(F)F)cc(C(F)(F)F)c3)n2)SC1=S)Nc1ccnc(C(=O)O)c1. The lowest BCUT2D eigenvalue weighted by molar-refractivity contribution is -0.143. The van der Waals surface area contributed by atoms with E-state index in [1.54, 1.807) is 0 Å². The molecule has 1 saturated heterocycles. The van der Waals surface area contributed by atoms with Crippen LogP contribution >= 0.6 is 24.0 Å². The van der Waals surface area contributed by atoms with Crippen LogP contribution in [0.3, 0.4) is 0 Å². The summed E-state index contributed by atoms with van der Waals surface area (Å²) < 4.78 is 79.8. The number of pyridine rings is 2. The lowest BCUT2D eigenvalue weighted by atomic mass is 10.0. The summed E-state index contributed by atoms with van der Waals surface area (Å²) in [5.41, 5.74) is -3.60. The van der Waals surface area contributed by atoms with E-state index in [4.69, 9.17) is 17.3 Å². The molecule has 42 heavy (non-hydrogen) atoms. The molecule has 218 valence electrons. The summed E-state index contributed by atoms with van der Waals surface area (Å²) in [6.45, 7) is -0.122. The Morgan fingerprint density at radius 2 is 1.69 bits per heavy atom. The number of hydrogen-bond donors (Lipinski definition) is 2. The van der Waals surface area contributed by atoms with Gasteiger partial charge in [0, 0.05) is 30.4 Å². The molecule has 4 rings (SSSR count). The molecular formula is C26H16F6N4O4S2. The van der Waals surface area contributed by atoms with Crippen LogP contribution in [0.15, 0.2) is 59.6 Å². The van der Waals surface area contributed by atoms with Crippen molar-refractivity contribution < 1.29 is 45.8 Å². The first-order valence-electron chi connectivity index (χ1n) is 11.6. The van der Waals surface area contributed by atoms with Crippen LogP contribution in [0, 0.1) is 0 Å². The molecule has 1 aliphatic rings. The number of rotatable bonds is 7. The third-order valence-corrected chi connectivity index (χ3v) is 7.01. The molecule has 0 atom stereocenters. The van der Waals surface area contributed by atoms with E-state index in [1.807, 2.05) is 0 Å². The van der Waals surface area contributed by atoms with Crippen molar-refractivity contribution in [2.45, 2.75) is 18.8 Å². The Kier molecular flexibility index (Phi) is 8.68. The average molecular weight is 627 g/mol. The van der Waals surface area contributed by atoms with Crippen molar-refractivity contribution in [2.24, 2.45) is 0 Å².